The molecule has 0 radical (unpaired) electrons. The molecular weight excluding hydrogens is 705 g/mol. The number of phenolic OH excluding ortho intramolecular Hbond substituents is 1. The Balaban J connectivity index is 1.14. The Morgan fingerprint density at radius 1 is 0.870 bits per heavy atom. The highest BCUT2D eigenvalue weighted by Crippen LogP contribution is 2.43. The summed E-state index contributed by atoms with van der Waals surface area (Å²) in [6.07, 6.45) is 1.78. The summed E-state index contributed by atoms with van der Waals surface area (Å²) >= 11 is 1.49. The van der Waals surface area contributed by atoms with Gasteiger partial charge in [0.2, 0.25) is 17.0 Å². The summed E-state index contributed by atoms with van der Waals surface area (Å²) in [5.41, 5.74) is 6.48. The van der Waals surface area contributed by atoms with E-state index < -0.39 is 6.29 Å². The quantitative estimate of drug-likeness (QED) is 0.0654. The molecule has 0 saturated carbocycles. The molecular formula is C41H46N6O6S. The fraction of sp³-hybridized carbons (Fsp3) is 0.341. The zero-order valence-electron chi connectivity index (χ0n) is 30.4. The molecule has 4 aromatic carbocycles. The van der Waals surface area contributed by atoms with Gasteiger partial charge in [-0.1, -0.05) is 97.9 Å². The maximum absolute atomic E-state index is 12.6. The van der Waals surface area contributed by atoms with E-state index >= 15 is 0 Å². The zero-order valence-corrected chi connectivity index (χ0v) is 31.2. The second-order valence-electron chi connectivity index (χ2n) is 13.4. The van der Waals surface area contributed by atoms with Gasteiger partial charge in [-0.2, -0.15) is 4.68 Å². The van der Waals surface area contributed by atoms with Crippen molar-refractivity contribution in [2.45, 2.75) is 76.3 Å². The number of nitrogens with one attached hydrogen (secondary N) is 2. The SMILES string of the molecule is CC(=O)NCCCCCC(=O)NCc1ccccc1-c1ccc([C@H]2O[C@@H](CSc3nnnn3-c3ccc(O)cc3)[C@@H](C)[C@@H](c3ccc(CO)cc3)O2)cc1. The average Bonchev–Trinajstić information content (AvgIpc) is 3.67. The molecule has 0 bridgehead atoms. The molecule has 2 heterocycles. The number of amides is 2. The van der Waals surface area contributed by atoms with Crippen molar-refractivity contribution < 1.29 is 29.3 Å². The van der Waals surface area contributed by atoms with Crippen molar-refractivity contribution in [3.8, 4) is 22.6 Å². The topological polar surface area (TPSA) is 161 Å². The van der Waals surface area contributed by atoms with Gasteiger partial charge < -0.3 is 30.3 Å². The minimum Gasteiger partial charge on any atom is -0.508 e. The Hall–Kier alpha value is -5.08. The number of hydrogen-bond donors (Lipinski definition) is 4. The summed E-state index contributed by atoms with van der Waals surface area (Å²) in [7, 11) is 0. The van der Waals surface area contributed by atoms with Crippen molar-refractivity contribution >= 4 is 23.6 Å². The van der Waals surface area contributed by atoms with E-state index in [0.717, 1.165) is 58.3 Å². The van der Waals surface area contributed by atoms with Gasteiger partial charge in [-0.25, -0.2) is 0 Å². The number of benzene rings is 4. The van der Waals surface area contributed by atoms with Gasteiger partial charge in [0.05, 0.1) is 24.5 Å². The minimum absolute atomic E-state index is 0.00521. The molecule has 4 atom stereocenters. The standard InChI is InChI=1S/C41H46N6O6S/c1-27-37(26-54-41-44-45-46-47(41)34-19-21-35(50)22-20-34)52-40(53-39(27)31-13-11-29(25-48)12-14-31)32-17-15-30(16-18-32)36-9-6-5-8-33(36)24-43-38(51)10-4-3-7-23-42-28(2)49/h5-6,8-9,11-22,27,37,39-40,48,50H,3-4,7,10,23-26H2,1-2H3,(H,42,49)(H,43,51)/t27-,37+,39+,40+/m1/s1. The van der Waals surface area contributed by atoms with Crippen LogP contribution < -0.4 is 10.6 Å². The second-order valence-corrected chi connectivity index (χ2v) is 14.4. The number of aromatic hydroxyl groups is 1. The highest BCUT2D eigenvalue weighted by Gasteiger charge is 2.38. The molecule has 1 aliphatic heterocycles. The molecule has 4 N–H and O–H groups in total. The summed E-state index contributed by atoms with van der Waals surface area (Å²) in [6.45, 7) is 4.63. The third-order valence-electron chi connectivity index (χ3n) is 9.48. The van der Waals surface area contributed by atoms with E-state index in [1.807, 2.05) is 54.6 Å². The molecule has 1 saturated heterocycles. The smallest absolute Gasteiger partial charge is 0.220 e. The fourth-order valence-corrected chi connectivity index (χ4v) is 7.46. The van der Waals surface area contributed by atoms with Crippen LogP contribution in [0, 0.1) is 5.92 Å². The maximum atomic E-state index is 12.6. The number of hydrogen-bond acceptors (Lipinski definition) is 10. The van der Waals surface area contributed by atoms with Crippen LogP contribution in [-0.4, -0.2) is 60.6 Å². The number of tetrazole rings is 1. The largest absolute Gasteiger partial charge is 0.508 e. The van der Waals surface area contributed by atoms with Gasteiger partial charge in [0.15, 0.2) is 6.29 Å². The van der Waals surface area contributed by atoms with Gasteiger partial charge in [0, 0.05) is 43.7 Å². The predicted molar refractivity (Wildman–Crippen MR) is 205 cm³/mol. The van der Waals surface area contributed by atoms with Crippen molar-refractivity contribution in [2.75, 3.05) is 12.3 Å². The first-order valence-corrected chi connectivity index (χ1v) is 19.2. The minimum atomic E-state index is -0.649. The third kappa shape index (κ3) is 10.1. The molecule has 2 amide bonds. The lowest BCUT2D eigenvalue weighted by atomic mass is 9.91. The van der Waals surface area contributed by atoms with Crippen LogP contribution in [0.15, 0.2) is 102 Å². The lowest BCUT2D eigenvalue weighted by Gasteiger charge is -2.41. The van der Waals surface area contributed by atoms with Gasteiger partial charge in [-0.15, -0.1) is 5.10 Å². The van der Waals surface area contributed by atoms with E-state index in [1.165, 1.54) is 18.7 Å². The number of carbonyl (C=O) groups excluding carboxylic acids is 2. The predicted octanol–water partition coefficient (Wildman–Crippen LogP) is 6.42. The van der Waals surface area contributed by atoms with Gasteiger partial charge in [-0.05, 0) is 75.4 Å². The summed E-state index contributed by atoms with van der Waals surface area (Å²) in [5, 5.41) is 38.1. The second kappa shape index (κ2) is 18.8. The van der Waals surface area contributed by atoms with Crippen molar-refractivity contribution in [1.29, 1.82) is 0 Å². The van der Waals surface area contributed by atoms with Crippen molar-refractivity contribution in [3.63, 3.8) is 0 Å². The lowest BCUT2D eigenvalue weighted by Crippen LogP contribution is -2.38. The molecule has 54 heavy (non-hydrogen) atoms. The van der Waals surface area contributed by atoms with Crippen LogP contribution in [0.4, 0.5) is 0 Å². The summed E-state index contributed by atoms with van der Waals surface area (Å²) in [6, 6.07) is 30.7. The van der Waals surface area contributed by atoms with Gasteiger partial charge >= 0.3 is 0 Å². The Bertz CT molecular complexity index is 1970. The number of carbonyl (C=O) groups is 2. The number of aliphatic hydroxyl groups excluding tert-OH is 1. The molecule has 1 aliphatic rings. The number of ether oxygens (including phenoxy) is 2. The molecule has 12 nitrogen and oxygen atoms in total. The number of nitrogens with zero attached hydrogens (tertiary/aromatic N) is 4. The molecule has 1 aromatic heterocycles. The Kier molecular flexibility index (Phi) is 13.4. The summed E-state index contributed by atoms with van der Waals surface area (Å²) < 4.78 is 15.0. The maximum Gasteiger partial charge on any atom is 0.220 e. The Morgan fingerprint density at radius 2 is 1.61 bits per heavy atom. The van der Waals surface area contributed by atoms with E-state index in [2.05, 4.69) is 51.3 Å². The first kappa shape index (κ1) is 38.6. The highest BCUT2D eigenvalue weighted by atomic mass is 32.2. The van der Waals surface area contributed by atoms with Crippen LogP contribution in [0.25, 0.3) is 16.8 Å². The first-order valence-electron chi connectivity index (χ1n) is 18.2. The Labute approximate surface area is 319 Å². The number of phenols is 1. The molecule has 0 aliphatic carbocycles. The van der Waals surface area contributed by atoms with E-state index in [0.29, 0.717) is 30.4 Å². The number of thioether (sulfide) groups is 1. The van der Waals surface area contributed by atoms with Crippen molar-refractivity contribution in [1.82, 2.24) is 30.8 Å². The number of aliphatic hydroxyl groups is 1. The molecule has 0 unspecified atom stereocenters. The summed E-state index contributed by atoms with van der Waals surface area (Å²) in [4.78, 5) is 23.6. The molecule has 13 heteroatoms. The van der Waals surface area contributed by atoms with Gasteiger partial charge in [0.25, 0.3) is 0 Å². The van der Waals surface area contributed by atoms with Crippen molar-refractivity contribution in [2.24, 2.45) is 5.92 Å². The first-order chi connectivity index (χ1) is 26.3. The zero-order chi connectivity index (χ0) is 37.9. The fourth-order valence-electron chi connectivity index (χ4n) is 6.40. The van der Waals surface area contributed by atoms with Crippen LogP contribution in [0.5, 0.6) is 5.75 Å². The summed E-state index contributed by atoms with van der Waals surface area (Å²) in [5.74, 6) is 0.655. The molecule has 282 valence electrons. The van der Waals surface area contributed by atoms with Crippen LogP contribution in [0.1, 0.15) is 74.2 Å². The highest BCUT2D eigenvalue weighted by molar-refractivity contribution is 7.99. The molecule has 5 aromatic rings. The van der Waals surface area contributed by atoms with Gasteiger partial charge in [0.1, 0.15) is 5.75 Å². The number of rotatable bonds is 16. The van der Waals surface area contributed by atoms with Crippen LogP contribution in [0.2, 0.25) is 0 Å². The average molecular weight is 751 g/mol. The van der Waals surface area contributed by atoms with Crippen molar-refractivity contribution in [3.05, 3.63) is 119 Å². The normalized spacial score (nSPS) is 18.3. The monoisotopic (exact) mass is 750 g/mol. The molecule has 1 fully saturated rings. The van der Waals surface area contributed by atoms with Crippen LogP contribution in [0.3, 0.4) is 0 Å². The van der Waals surface area contributed by atoms with E-state index in [-0.39, 0.29) is 42.3 Å². The van der Waals surface area contributed by atoms with E-state index in [4.69, 9.17) is 9.47 Å². The molecule has 0 spiro atoms. The number of aromatic nitrogens is 4. The van der Waals surface area contributed by atoms with E-state index in [9.17, 15) is 19.8 Å². The third-order valence-corrected chi connectivity index (χ3v) is 10.5. The Morgan fingerprint density at radius 3 is 2.35 bits per heavy atom. The number of unbranched alkanes of at least 4 members (excludes halogenated alkanes) is 2. The van der Waals surface area contributed by atoms with Crippen LogP contribution >= 0.6 is 11.8 Å². The molecule has 6 rings (SSSR count). The van der Waals surface area contributed by atoms with Crippen LogP contribution in [-0.2, 0) is 32.2 Å². The lowest BCUT2D eigenvalue weighted by molar-refractivity contribution is -0.268. The van der Waals surface area contributed by atoms with Gasteiger partial charge in [-0.3, -0.25) is 9.59 Å². The van der Waals surface area contributed by atoms with E-state index in [1.54, 1.807) is 28.9 Å².